The molecule has 0 radical (unpaired) electrons. The average molecular weight is 291 g/mol. The van der Waals surface area contributed by atoms with Gasteiger partial charge in [-0.05, 0) is 48.2 Å². The molecule has 3 rings (SSSR count). The smallest absolute Gasteiger partial charge is 0.124 e. The number of hydrogen-bond donors (Lipinski definition) is 1. The van der Waals surface area contributed by atoms with Gasteiger partial charge < -0.3 is 10.6 Å². The summed E-state index contributed by atoms with van der Waals surface area (Å²) in [6.45, 7) is 1.64. The fraction of sp³-hybridized carbons (Fsp3) is 0.250. The minimum Gasteiger partial charge on any atom is -0.399 e. The van der Waals surface area contributed by atoms with Crippen LogP contribution in [0.2, 0.25) is 5.02 Å². The predicted molar refractivity (Wildman–Crippen MR) is 81.6 cm³/mol. The van der Waals surface area contributed by atoms with E-state index in [-0.39, 0.29) is 5.82 Å². The zero-order chi connectivity index (χ0) is 14.1. The summed E-state index contributed by atoms with van der Waals surface area (Å²) >= 11 is 6.12. The predicted octanol–water partition coefficient (Wildman–Crippen LogP) is 4.01. The minimum absolute atomic E-state index is 0.304. The minimum atomic E-state index is -0.304. The Balaban J connectivity index is 1.91. The van der Waals surface area contributed by atoms with Gasteiger partial charge in [-0.25, -0.2) is 4.39 Å². The molecule has 20 heavy (non-hydrogen) atoms. The summed E-state index contributed by atoms with van der Waals surface area (Å²) in [6, 6.07) is 10.6. The van der Waals surface area contributed by atoms with Crippen LogP contribution < -0.4 is 10.6 Å². The summed E-state index contributed by atoms with van der Waals surface area (Å²) < 4.78 is 13.1. The van der Waals surface area contributed by atoms with Gasteiger partial charge in [0.15, 0.2) is 0 Å². The molecule has 0 atom stereocenters. The third-order valence-corrected chi connectivity index (χ3v) is 4.05. The molecule has 0 unspecified atom stereocenters. The van der Waals surface area contributed by atoms with Crippen LogP contribution >= 0.6 is 11.6 Å². The summed E-state index contributed by atoms with van der Waals surface area (Å²) in [7, 11) is 0. The maximum Gasteiger partial charge on any atom is 0.124 e. The molecule has 2 aromatic rings. The summed E-state index contributed by atoms with van der Waals surface area (Å²) in [4.78, 5) is 2.26. The first-order valence-corrected chi connectivity index (χ1v) is 7.08. The highest BCUT2D eigenvalue weighted by Crippen LogP contribution is 2.31. The highest BCUT2D eigenvalue weighted by molar-refractivity contribution is 6.31. The second kappa shape index (κ2) is 5.33. The van der Waals surface area contributed by atoms with Gasteiger partial charge in [0, 0.05) is 29.5 Å². The van der Waals surface area contributed by atoms with Gasteiger partial charge in [0.05, 0.1) is 0 Å². The normalized spacial score (nSPS) is 14.2. The SMILES string of the molecule is Nc1ccc2c(c1)N(Cc1ccc(F)cc1Cl)CCC2. The molecule has 1 heterocycles. The van der Waals surface area contributed by atoms with Gasteiger partial charge in [-0.1, -0.05) is 23.7 Å². The molecule has 0 bridgehead atoms. The number of hydrogen-bond acceptors (Lipinski definition) is 2. The van der Waals surface area contributed by atoms with E-state index < -0.39 is 0 Å². The lowest BCUT2D eigenvalue weighted by molar-refractivity contribution is 0.626. The number of nitrogens with zero attached hydrogens (tertiary/aromatic N) is 1. The lowest BCUT2D eigenvalue weighted by Gasteiger charge is -2.32. The standard InChI is InChI=1S/C16H16ClFN2/c17-15-8-13(18)5-3-12(15)10-20-7-1-2-11-4-6-14(19)9-16(11)20/h3-6,8-9H,1-2,7,10,19H2. The Morgan fingerprint density at radius 1 is 1.20 bits per heavy atom. The molecule has 0 aliphatic carbocycles. The van der Waals surface area contributed by atoms with E-state index >= 15 is 0 Å². The zero-order valence-electron chi connectivity index (χ0n) is 11.1. The second-order valence-corrected chi connectivity index (χ2v) is 5.56. The molecule has 2 N–H and O–H groups in total. The van der Waals surface area contributed by atoms with Crippen molar-refractivity contribution >= 4 is 23.0 Å². The number of rotatable bonds is 2. The Hall–Kier alpha value is -1.74. The lowest BCUT2D eigenvalue weighted by atomic mass is 10.0. The second-order valence-electron chi connectivity index (χ2n) is 5.15. The number of anilines is 2. The number of nitrogens with two attached hydrogens (primary N) is 1. The molecule has 2 nitrogen and oxygen atoms in total. The summed E-state index contributed by atoms with van der Waals surface area (Å²) in [5, 5.41) is 0.473. The van der Waals surface area contributed by atoms with Crippen molar-refractivity contribution in [3.8, 4) is 0 Å². The zero-order valence-corrected chi connectivity index (χ0v) is 11.8. The number of benzene rings is 2. The van der Waals surface area contributed by atoms with Gasteiger partial charge in [-0.3, -0.25) is 0 Å². The third kappa shape index (κ3) is 2.59. The van der Waals surface area contributed by atoms with Gasteiger partial charge in [-0.2, -0.15) is 0 Å². The summed E-state index contributed by atoms with van der Waals surface area (Å²) in [5.74, 6) is -0.304. The average Bonchev–Trinajstić information content (AvgIpc) is 2.42. The molecule has 2 aromatic carbocycles. The van der Waals surface area contributed by atoms with Crippen molar-refractivity contribution in [2.45, 2.75) is 19.4 Å². The first-order chi connectivity index (χ1) is 9.63. The van der Waals surface area contributed by atoms with E-state index in [1.165, 1.54) is 17.7 Å². The van der Waals surface area contributed by atoms with Crippen molar-refractivity contribution in [2.75, 3.05) is 17.2 Å². The molecule has 4 heteroatoms. The number of aryl methyl sites for hydroxylation is 1. The molecule has 0 saturated heterocycles. The Labute approximate surface area is 123 Å². The van der Waals surface area contributed by atoms with E-state index in [4.69, 9.17) is 17.3 Å². The quantitative estimate of drug-likeness (QED) is 0.847. The van der Waals surface area contributed by atoms with Crippen LogP contribution in [0, 0.1) is 5.82 Å². The molecule has 104 valence electrons. The van der Waals surface area contributed by atoms with Crippen molar-refractivity contribution in [1.82, 2.24) is 0 Å². The van der Waals surface area contributed by atoms with Crippen molar-refractivity contribution in [3.63, 3.8) is 0 Å². The maximum atomic E-state index is 13.1. The van der Waals surface area contributed by atoms with Gasteiger partial charge in [0.25, 0.3) is 0 Å². The molecular formula is C16H16ClFN2. The molecule has 1 aliphatic heterocycles. The summed E-state index contributed by atoms with van der Waals surface area (Å²) in [6.07, 6.45) is 2.18. The molecule has 0 saturated carbocycles. The fourth-order valence-electron chi connectivity index (χ4n) is 2.69. The Morgan fingerprint density at radius 2 is 2.05 bits per heavy atom. The van der Waals surface area contributed by atoms with Crippen LogP contribution in [0.15, 0.2) is 36.4 Å². The summed E-state index contributed by atoms with van der Waals surface area (Å²) in [5.41, 5.74) is 10.1. The van der Waals surface area contributed by atoms with Gasteiger partial charge in [0.1, 0.15) is 5.82 Å². The highest BCUT2D eigenvalue weighted by atomic mass is 35.5. The van der Waals surface area contributed by atoms with Crippen LogP contribution in [-0.2, 0) is 13.0 Å². The van der Waals surface area contributed by atoms with Crippen LogP contribution in [0.1, 0.15) is 17.5 Å². The lowest BCUT2D eigenvalue weighted by Crippen LogP contribution is -2.29. The van der Waals surface area contributed by atoms with Gasteiger partial charge in [0.2, 0.25) is 0 Å². The van der Waals surface area contributed by atoms with Crippen LogP contribution in [-0.4, -0.2) is 6.54 Å². The van der Waals surface area contributed by atoms with Gasteiger partial charge in [-0.15, -0.1) is 0 Å². The largest absolute Gasteiger partial charge is 0.399 e. The van der Waals surface area contributed by atoms with E-state index in [0.29, 0.717) is 11.6 Å². The molecular weight excluding hydrogens is 275 g/mol. The van der Waals surface area contributed by atoms with Crippen molar-refractivity contribution in [1.29, 1.82) is 0 Å². The van der Waals surface area contributed by atoms with Crippen molar-refractivity contribution in [2.24, 2.45) is 0 Å². The van der Waals surface area contributed by atoms with Crippen LogP contribution in [0.25, 0.3) is 0 Å². The number of fused-ring (bicyclic) bond motifs is 1. The van der Waals surface area contributed by atoms with Crippen LogP contribution in [0.4, 0.5) is 15.8 Å². The Bertz CT molecular complexity index is 642. The fourth-order valence-corrected chi connectivity index (χ4v) is 2.91. The van der Waals surface area contributed by atoms with Crippen molar-refractivity contribution < 1.29 is 4.39 Å². The number of nitrogen functional groups attached to an aromatic ring is 1. The van der Waals surface area contributed by atoms with Crippen molar-refractivity contribution in [3.05, 3.63) is 58.4 Å². The third-order valence-electron chi connectivity index (χ3n) is 3.70. The molecule has 1 aliphatic rings. The van der Waals surface area contributed by atoms with E-state index in [2.05, 4.69) is 11.0 Å². The maximum absolute atomic E-state index is 13.1. The molecule has 0 fully saturated rings. The van der Waals surface area contributed by atoms with E-state index in [1.807, 2.05) is 12.1 Å². The Kier molecular flexibility index (Phi) is 3.53. The van der Waals surface area contributed by atoms with E-state index in [1.54, 1.807) is 6.07 Å². The van der Waals surface area contributed by atoms with E-state index in [9.17, 15) is 4.39 Å². The van der Waals surface area contributed by atoms with Crippen LogP contribution in [0.3, 0.4) is 0 Å². The Morgan fingerprint density at radius 3 is 2.85 bits per heavy atom. The van der Waals surface area contributed by atoms with Crippen LogP contribution in [0.5, 0.6) is 0 Å². The first-order valence-electron chi connectivity index (χ1n) is 6.71. The highest BCUT2D eigenvalue weighted by Gasteiger charge is 2.18. The molecule has 0 spiro atoms. The topological polar surface area (TPSA) is 29.3 Å². The molecule has 0 amide bonds. The molecule has 0 aromatic heterocycles. The number of halogens is 2. The monoisotopic (exact) mass is 290 g/mol. The van der Waals surface area contributed by atoms with Gasteiger partial charge >= 0.3 is 0 Å². The first kappa shape index (κ1) is 13.3. The van der Waals surface area contributed by atoms with E-state index in [0.717, 1.165) is 36.3 Å².